The Morgan fingerprint density at radius 2 is 2.00 bits per heavy atom. The van der Waals surface area contributed by atoms with Crippen LogP contribution in [0.1, 0.15) is 23.0 Å². The van der Waals surface area contributed by atoms with E-state index in [1.54, 1.807) is 6.07 Å². The van der Waals surface area contributed by atoms with Crippen molar-refractivity contribution in [1.29, 1.82) is 0 Å². The second kappa shape index (κ2) is 5.86. The molecule has 112 valence electrons. The van der Waals surface area contributed by atoms with Gasteiger partial charge in [0.05, 0.1) is 0 Å². The van der Waals surface area contributed by atoms with E-state index in [1.807, 2.05) is 6.92 Å². The van der Waals surface area contributed by atoms with Gasteiger partial charge in [0.2, 0.25) is 0 Å². The highest BCUT2D eigenvalue weighted by molar-refractivity contribution is 6.03. The number of aromatic amines is 1. The molecule has 1 aromatic carbocycles. The van der Waals surface area contributed by atoms with Crippen LogP contribution in [-0.4, -0.2) is 22.5 Å². The lowest BCUT2D eigenvalue weighted by Gasteiger charge is -2.09. The average Bonchev–Trinajstić information content (AvgIpc) is 2.85. The van der Waals surface area contributed by atoms with Crippen molar-refractivity contribution < 1.29 is 22.7 Å². The molecule has 2 rings (SSSR count). The van der Waals surface area contributed by atoms with Crippen LogP contribution in [0.15, 0.2) is 30.3 Å². The highest BCUT2D eigenvalue weighted by atomic mass is 19.4. The Bertz CT molecular complexity index is 620. The van der Waals surface area contributed by atoms with Crippen LogP contribution in [0.25, 0.3) is 0 Å². The Labute approximate surface area is 118 Å². The van der Waals surface area contributed by atoms with Crippen molar-refractivity contribution >= 4 is 11.7 Å². The third kappa shape index (κ3) is 4.23. The van der Waals surface area contributed by atoms with E-state index in [2.05, 4.69) is 20.3 Å². The molecule has 21 heavy (non-hydrogen) atoms. The van der Waals surface area contributed by atoms with Crippen LogP contribution < -0.4 is 10.1 Å². The smallest absolute Gasteiger partial charge is 0.406 e. The van der Waals surface area contributed by atoms with Crippen molar-refractivity contribution in [3.05, 3.63) is 41.6 Å². The van der Waals surface area contributed by atoms with Crippen molar-refractivity contribution in [3.63, 3.8) is 0 Å². The lowest BCUT2D eigenvalue weighted by atomic mass is 10.2. The highest BCUT2D eigenvalue weighted by Crippen LogP contribution is 2.22. The molecule has 0 aliphatic heterocycles. The fraction of sp³-hybridized carbons (Fsp3) is 0.231. The number of amides is 1. The van der Waals surface area contributed by atoms with Gasteiger partial charge in [-0.05, 0) is 30.7 Å². The number of carbonyl (C=O) groups is 1. The van der Waals surface area contributed by atoms with E-state index in [0.717, 1.165) is 24.2 Å². The van der Waals surface area contributed by atoms with Gasteiger partial charge in [-0.3, -0.25) is 9.89 Å². The number of halogens is 3. The predicted octanol–water partition coefficient (Wildman–Crippen LogP) is 3.12. The fourth-order valence-corrected chi connectivity index (χ4v) is 1.60. The second-order valence-electron chi connectivity index (χ2n) is 4.16. The van der Waals surface area contributed by atoms with Gasteiger partial charge >= 0.3 is 6.36 Å². The Morgan fingerprint density at radius 1 is 1.33 bits per heavy atom. The molecule has 0 fully saturated rings. The van der Waals surface area contributed by atoms with Gasteiger partial charge in [-0.25, -0.2) is 0 Å². The summed E-state index contributed by atoms with van der Waals surface area (Å²) in [5, 5.41) is 9.16. The number of alkyl halides is 3. The number of H-pyrrole nitrogens is 1. The molecule has 8 heteroatoms. The molecule has 0 aliphatic carbocycles. The summed E-state index contributed by atoms with van der Waals surface area (Å²) in [6.07, 6.45) is -4.01. The predicted molar refractivity (Wildman–Crippen MR) is 69.0 cm³/mol. The number of hydrogen-bond donors (Lipinski definition) is 2. The van der Waals surface area contributed by atoms with Crippen molar-refractivity contribution in [2.24, 2.45) is 0 Å². The largest absolute Gasteiger partial charge is 0.573 e. The number of hydrogen-bond acceptors (Lipinski definition) is 3. The Balaban J connectivity index is 2.02. The molecule has 0 radical (unpaired) electrons. The van der Waals surface area contributed by atoms with Crippen LogP contribution in [0.2, 0.25) is 0 Å². The quantitative estimate of drug-likeness (QED) is 0.911. The topological polar surface area (TPSA) is 67.0 Å². The van der Waals surface area contributed by atoms with Crippen molar-refractivity contribution in [1.82, 2.24) is 10.2 Å². The monoisotopic (exact) mass is 299 g/mol. The Morgan fingerprint density at radius 3 is 2.52 bits per heavy atom. The summed E-state index contributed by atoms with van der Waals surface area (Å²) in [4.78, 5) is 11.9. The molecule has 0 saturated heterocycles. The molecule has 0 atom stereocenters. The van der Waals surface area contributed by atoms with Gasteiger partial charge in [0.15, 0.2) is 5.82 Å². The molecule has 0 aliphatic rings. The number of aromatic nitrogens is 2. The maximum absolute atomic E-state index is 12.0. The van der Waals surface area contributed by atoms with Crippen molar-refractivity contribution in [2.75, 3.05) is 5.32 Å². The van der Waals surface area contributed by atoms with Crippen LogP contribution >= 0.6 is 0 Å². The lowest BCUT2D eigenvalue weighted by Crippen LogP contribution is -2.17. The molecule has 5 nitrogen and oxygen atoms in total. The maximum atomic E-state index is 12.0. The summed E-state index contributed by atoms with van der Waals surface area (Å²) < 4.78 is 39.8. The number of aryl methyl sites for hydroxylation is 1. The number of anilines is 1. The molecule has 0 spiro atoms. The molecule has 2 N–H and O–H groups in total. The van der Waals surface area contributed by atoms with Gasteiger partial charge in [-0.2, -0.15) is 5.10 Å². The summed E-state index contributed by atoms with van der Waals surface area (Å²) in [6, 6.07) is 6.31. The maximum Gasteiger partial charge on any atom is 0.573 e. The lowest BCUT2D eigenvalue weighted by molar-refractivity contribution is -0.274. The number of ether oxygens (including phenoxy) is 1. The summed E-state index contributed by atoms with van der Waals surface area (Å²) in [5.41, 5.74) is 1.06. The average molecular weight is 299 g/mol. The molecule has 1 heterocycles. The van der Waals surface area contributed by atoms with Crippen LogP contribution in [-0.2, 0) is 6.42 Å². The van der Waals surface area contributed by atoms with Gasteiger partial charge in [0.25, 0.3) is 5.91 Å². The van der Waals surface area contributed by atoms with E-state index in [0.29, 0.717) is 5.82 Å². The highest BCUT2D eigenvalue weighted by Gasteiger charge is 2.31. The van der Waals surface area contributed by atoms with E-state index < -0.39 is 12.3 Å². The Hall–Kier alpha value is -2.51. The number of carbonyl (C=O) groups excluding carboxylic acids is 1. The zero-order chi connectivity index (χ0) is 15.5. The van der Waals surface area contributed by atoms with Crippen molar-refractivity contribution in [2.45, 2.75) is 19.7 Å². The van der Waals surface area contributed by atoms with E-state index in [9.17, 15) is 18.0 Å². The third-order valence-electron chi connectivity index (χ3n) is 2.60. The van der Waals surface area contributed by atoms with Crippen LogP contribution in [0.3, 0.4) is 0 Å². The molecule has 0 bridgehead atoms. The second-order valence-corrected chi connectivity index (χ2v) is 4.16. The minimum absolute atomic E-state index is 0.200. The first-order chi connectivity index (χ1) is 9.87. The molecule has 1 aromatic heterocycles. The van der Waals surface area contributed by atoms with Gasteiger partial charge in [0.1, 0.15) is 5.75 Å². The van der Waals surface area contributed by atoms with E-state index in [1.165, 1.54) is 12.1 Å². The number of benzene rings is 1. The third-order valence-corrected chi connectivity index (χ3v) is 2.60. The molecule has 1 amide bonds. The van der Waals surface area contributed by atoms with E-state index in [4.69, 9.17) is 0 Å². The standard InChI is InChI=1S/C13H12F3N3O2/c1-2-9-7-11(19-18-9)17-12(20)8-3-5-10(6-4-8)21-13(14,15)16/h3-7H,2H2,1H3,(H2,17,18,19,20). The minimum Gasteiger partial charge on any atom is -0.406 e. The number of rotatable bonds is 4. The summed E-state index contributed by atoms with van der Waals surface area (Å²) in [6.45, 7) is 1.93. The summed E-state index contributed by atoms with van der Waals surface area (Å²) >= 11 is 0. The minimum atomic E-state index is -4.75. The van der Waals surface area contributed by atoms with Crippen LogP contribution in [0, 0.1) is 0 Å². The van der Waals surface area contributed by atoms with Crippen LogP contribution in [0.5, 0.6) is 5.75 Å². The van der Waals surface area contributed by atoms with Crippen molar-refractivity contribution in [3.8, 4) is 5.75 Å². The molecule has 0 saturated carbocycles. The van der Waals surface area contributed by atoms with Crippen LogP contribution in [0.4, 0.5) is 19.0 Å². The van der Waals surface area contributed by atoms with E-state index in [-0.39, 0.29) is 11.3 Å². The normalized spacial score (nSPS) is 11.2. The summed E-state index contributed by atoms with van der Waals surface area (Å²) in [7, 11) is 0. The molecule has 2 aromatic rings. The van der Waals surface area contributed by atoms with Gasteiger partial charge < -0.3 is 10.1 Å². The Kier molecular flexibility index (Phi) is 4.15. The SMILES string of the molecule is CCc1cc(NC(=O)c2ccc(OC(F)(F)F)cc2)n[nH]1. The molecule has 0 unspecified atom stereocenters. The zero-order valence-corrected chi connectivity index (χ0v) is 11.0. The first-order valence-electron chi connectivity index (χ1n) is 6.09. The van der Waals surface area contributed by atoms with Gasteiger partial charge in [-0.1, -0.05) is 6.92 Å². The van der Waals surface area contributed by atoms with E-state index >= 15 is 0 Å². The number of nitrogens with one attached hydrogen (secondary N) is 2. The number of nitrogens with zero attached hydrogens (tertiary/aromatic N) is 1. The summed E-state index contributed by atoms with van der Waals surface area (Å²) in [5.74, 6) is -0.498. The first-order valence-corrected chi connectivity index (χ1v) is 6.09. The molecular weight excluding hydrogens is 287 g/mol. The first kappa shape index (κ1) is 14.9. The zero-order valence-electron chi connectivity index (χ0n) is 11.0. The van der Waals surface area contributed by atoms with Gasteiger partial charge in [-0.15, -0.1) is 13.2 Å². The fourth-order valence-electron chi connectivity index (χ4n) is 1.60. The van der Waals surface area contributed by atoms with Gasteiger partial charge in [0, 0.05) is 17.3 Å². The molecular formula is C13H12F3N3O2.